The Morgan fingerprint density at radius 1 is 1.04 bits per heavy atom. The molecule has 1 aliphatic heterocycles. The predicted octanol–water partition coefficient (Wildman–Crippen LogP) is 4.40. The minimum Gasteiger partial charge on any atom is -0.464 e. The Labute approximate surface area is 141 Å². The van der Waals surface area contributed by atoms with Crippen molar-refractivity contribution in [3.05, 3.63) is 0 Å². The Kier molecular flexibility index (Phi) is 8.38. The number of ether oxygens (including phenoxy) is 3. The minimum absolute atomic E-state index is 0.174. The lowest BCUT2D eigenvalue weighted by Gasteiger charge is -2.20. The molecule has 2 rings (SSSR count). The Morgan fingerprint density at radius 3 is 2.35 bits per heavy atom. The summed E-state index contributed by atoms with van der Waals surface area (Å²) in [5, 5.41) is 0. The first-order valence-corrected chi connectivity index (χ1v) is 9.69. The topological polar surface area (TPSA) is 48.1 Å². The van der Waals surface area contributed by atoms with Crippen LogP contribution in [0.25, 0.3) is 0 Å². The summed E-state index contributed by atoms with van der Waals surface area (Å²) in [6.07, 6.45) is 15.1. The molecule has 23 heavy (non-hydrogen) atoms. The molecule has 0 N–H and O–H groups in total. The second kappa shape index (κ2) is 10.3. The van der Waals surface area contributed by atoms with Crippen molar-refractivity contribution in [2.75, 3.05) is 19.8 Å². The van der Waals surface area contributed by atoms with E-state index < -0.39 is 5.60 Å². The molecular weight excluding hydrogens is 292 g/mol. The van der Waals surface area contributed by atoms with E-state index in [0.29, 0.717) is 19.3 Å². The highest BCUT2D eigenvalue weighted by Gasteiger charge is 2.52. The SMILES string of the molecule is CCOC(=O)C1(CCCCCCOC2CCCCCCC2)CO1. The van der Waals surface area contributed by atoms with E-state index in [4.69, 9.17) is 14.2 Å². The molecule has 134 valence electrons. The van der Waals surface area contributed by atoms with E-state index in [1.807, 2.05) is 6.92 Å². The number of rotatable bonds is 10. The number of hydrogen-bond donors (Lipinski definition) is 0. The van der Waals surface area contributed by atoms with Gasteiger partial charge >= 0.3 is 5.97 Å². The van der Waals surface area contributed by atoms with Crippen molar-refractivity contribution in [3.63, 3.8) is 0 Å². The Hall–Kier alpha value is -0.610. The summed E-state index contributed by atoms with van der Waals surface area (Å²) in [5.41, 5.74) is -0.592. The molecule has 0 amide bonds. The lowest BCUT2D eigenvalue weighted by atomic mass is 9.98. The van der Waals surface area contributed by atoms with Crippen LogP contribution in [0.1, 0.15) is 84.0 Å². The van der Waals surface area contributed by atoms with Crippen LogP contribution < -0.4 is 0 Å². The maximum absolute atomic E-state index is 11.8. The van der Waals surface area contributed by atoms with Gasteiger partial charge in [0.15, 0.2) is 5.60 Å². The standard InChI is InChI=1S/C19H34O4/c1-2-21-18(20)19(16-23-19)14-10-6-7-11-15-22-17-12-8-4-3-5-9-13-17/h17H,2-16H2,1H3. The summed E-state index contributed by atoms with van der Waals surface area (Å²) in [7, 11) is 0. The third-order valence-corrected chi connectivity index (χ3v) is 5.02. The lowest BCUT2D eigenvalue weighted by molar-refractivity contribution is -0.149. The largest absolute Gasteiger partial charge is 0.464 e. The van der Waals surface area contributed by atoms with Crippen LogP contribution >= 0.6 is 0 Å². The highest BCUT2D eigenvalue weighted by Crippen LogP contribution is 2.34. The van der Waals surface area contributed by atoms with Crippen LogP contribution in [0, 0.1) is 0 Å². The molecule has 0 aromatic rings. The molecule has 1 atom stereocenters. The van der Waals surface area contributed by atoms with Gasteiger partial charge in [-0.3, -0.25) is 0 Å². The van der Waals surface area contributed by atoms with Crippen LogP contribution in [-0.4, -0.2) is 37.5 Å². The van der Waals surface area contributed by atoms with E-state index in [9.17, 15) is 4.79 Å². The van der Waals surface area contributed by atoms with Gasteiger partial charge in [0, 0.05) is 6.61 Å². The summed E-state index contributed by atoms with van der Waals surface area (Å²) in [5.74, 6) is -0.174. The molecule has 1 aliphatic carbocycles. The summed E-state index contributed by atoms with van der Waals surface area (Å²) >= 11 is 0. The first kappa shape index (κ1) is 18.7. The number of esters is 1. The van der Waals surface area contributed by atoms with Crippen molar-refractivity contribution < 1.29 is 19.0 Å². The number of unbranched alkanes of at least 4 members (excludes halogenated alkanes) is 3. The molecule has 2 fully saturated rings. The highest BCUT2D eigenvalue weighted by molar-refractivity contribution is 5.82. The van der Waals surface area contributed by atoms with Gasteiger partial charge in [0.05, 0.1) is 19.3 Å². The molecule has 0 aromatic heterocycles. The molecule has 1 unspecified atom stereocenters. The molecule has 1 saturated heterocycles. The summed E-state index contributed by atoms with van der Waals surface area (Å²) in [4.78, 5) is 11.8. The van der Waals surface area contributed by atoms with E-state index in [1.165, 1.54) is 51.4 Å². The number of carbonyl (C=O) groups excluding carboxylic acids is 1. The Morgan fingerprint density at radius 2 is 1.70 bits per heavy atom. The molecule has 0 bridgehead atoms. The van der Waals surface area contributed by atoms with E-state index >= 15 is 0 Å². The lowest BCUT2D eigenvalue weighted by Crippen LogP contribution is -2.27. The molecule has 0 spiro atoms. The van der Waals surface area contributed by atoms with Crippen molar-refractivity contribution >= 4 is 5.97 Å². The second-order valence-corrected chi connectivity index (χ2v) is 7.01. The maximum atomic E-state index is 11.8. The van der Waals surface area contributed by atoms with Gasteiger partial charge in [0.2, 0.25) is 0 Å². The average molecular weight is 326 g/mol. The predicted molar refractivity (Wildman–Crippen MR) is 90.5 cm³/mol. The average Bonchev–Trinajstić information content (AvgIpc) is 3.29. The van der Waals surface area contributed by atoms with Gasteiger partial charge in [-0.1, -0.05) is 44.9 Å². The Balaban J connectivity index is 1.45. The van der Waals surface area contributed by atoms with Crippen molar-refractivity contribution in [1.29, 1.82) is 0 Å². The van der Waals surface area contributed by atoms with Gasteiger partial charge in [-0.2, -0.15) is 0 Å². The fourth-order valence-corrected chi connectivity index (χ4v) is 3.42. The molecule has 1 heterocycles. The monoisotopic (exact) mass is 326 g/mol. The molecule has 1 saturated carbocycles. The van der Waals surface area contributed by atoms with E-state index in [-0.39, 0.29) is 5.97 Å². The van der Waals surface area contributed by atoms with E-state index in [1.54, 1.807) is 0 Å². The highest BCUT2D eigenvalue weighted by atomic mass is 16.6. The molecule has 4 heteroatoms. The zero-order valence-corrected chi connectivity index (χ0v) is 14.8. The quantitative estimate of drug-likeness (QED) is 0.339. The van der Waals surface area contributed by atoms with Crippen molar-refractivity contribution in [3.8, 4) is 0 Å². The van der Waals surface area contributed by atoms with Crippen LogP contribution in [0.5, 0.6) is 0 Å². The fourth-order valence-electron chi connectivity index (χ4n) is 3.42. The van der Waals surface area contributed by atoms with E-state index in [2.05, 4.69) is 0 Å². The minimum atomic E-state index is -0.592. The first-order chi connectivity index (χ1) is 11.3. The third kappa shape index (κ3) is 6.80. The van der Waals surface area contributed by atoms with Crippen LogP contribution in [-0.2, 0) is 19.0 Å². The van der Waals surface area contributed by atoms with Crippen LogP contribution in [0.4, 0.5) is 0 Å². The van der Waals surface area contributed by atoms with Crippen LogP contribution in [0.15, 0.2) is 0 Å². The maximum Gasteiger partial charge on any atom is 0.340 e. The second-order valence-electron chi connectivity index (χ2n) is 7.01. The smallest absolute Gasteiger partial charge is 0.340 e. The molecule has 4 nitrogen and oxygen atoms in total. The van der Waals surface area contributed by atoms with Gasteiger partial charge in [0.25, 0.3) is 0 Å². The summed E-state index contributed by atoms with van der Waals surface area (Å²) < 4.78 is 16.5. The molecule has 0 radical (unpaired) electrons. The van der Waals surface area contributed by atoms with Gasteiger partial charge in [-0.25, -0.2) is 4.79 Å². The molecule has 0 aromatic carbocycles. The van der Waals surface area contributed by atoms with Crippen LogP contribution in [0.2, 0.25) is 0 Å². The summed E-state index contributed by atoms with van der Waals surface area (Å²) in [6.45, 7) is 3.70. The normalized spacial score (nSPS) is 25.6. The van der Waals surface area contributed by atoms with E-state index in [0.717, 1.165) is 32.3 Å². The Bertz CT molecular complexity index is 330. The van der Waals surface area contributed by atoms with Crippen molar-refractivity contribution in [1.82, 2.24) is 0 Å². The van der Waals surface area contributed by atoms with Gasteiger partial charge < -0.3 is 14.2 Å². The molecule has 2 aliphatic rings. The van der Waals surface area contributed by atoms with Gasteiger partial charge in [0.1, 0.15) is 0 Å². The zero-order chi connectivity index (χ0) is 16.4. The van der Waals surface area contributed by atoms with Gasteiger partial charge in [-0.05, 0) is 39.0 Å². The van der Waals surface area contributed by atoms with Gasteiger partial charge in [-0.15, -0.1) is 0 Å². The third-order valence-electron chi connectivity index (χ3n) is 5.02. The first-order valence-electron chi connectivity index (χ1n) is 9.69. The van der Waals surface area contributed by atoms with Crippen molar-refractivity contribution in [2.45, 2.75) is 95.7 Å². The van der Waals surface area contributed by atoms with Crippen molar-refractivity contribution in [2.24, 2.45) is 0 Å². The fraction of sp³-hybridized carbons (Fsp3) is 0.947. The van der Waals surface area contributed by atoms with Crippen LogP contribution in [0.3, 0.4) is 0 Å². The zero-order valence-electron chi connectivity index (χ0n) is 14.8. The number of hydrogen-bond acceptors (Lipinski definition) is 4. The molecular formula is C19H34O4. The summed E-state index contributed by atoms with van der Waals surface area (Å²) in [6, 6.07) is 0. The number of carbonyl (C=O) groups is 1. The number of epoxide rings is 1.